The van der Waals surface area contributed by atoms with Crippen LogP contribution in [0, 0.1) is 5.92 Å². The van der Waals surface area contributed by atoms with Gasteiger partial charge in [-0.2, -0.15) is 0 Å². The molecule has 1 fully saturated rings. The first-order valence-corrected chi connectivity index (χ1v) is 9.04. The third-order valence-electron chi connectivity index (χ3n) is 4.35. The lowest BCUT2D eigenvalue weighted by Crippen LogP contribution is -2.42. The molecule has 0 radical (unpaired) electrons. The smallest absolute Gasteiger partial charge is 0.233 e. The number of rotatable bonds is 5. The Bertz CT molecular complexity index is 755. The van der Waals surface area contributed by atoms with Gasteiger partial charge >= 0.3 is 0 Å². The number of carbonyl (C=O) groups excluding carboxylic acids is 2. The van der Waals surface area contributed by atoms with Crippen molar-refractivity contribution in [2.75, 3.05) is 18.8 Å². The summed E-state index contributed by atoms with van der Waals surface area (Å²) in [6, 6.07) is 3.74. The molecule has 0 atom stereocenters. The first kappa shape index (κ1) is 17.4. The molecule has 9 heteroatoms. The number of nitrogens with zero attached hydrogens (tertiary/aromatic N) is 5. The summed E-state index contributed by atoms with van der Waals surface area (Å²) in [5.74, 6) is 0.687. The number of piperidine rings is 1. The van der Waals surface area contributed by atoms with E-state index in [0.717, 1.165) is 11.4 Å². The Balaban J connectivity index is 1.57. The molecule has 8 nitrogen and oxygen atoms in total. The van der Waals surface area contributed by atoms with E-state index in [1.165, 1.54) is 11.8 Å². The molecule has 0 saturated carbocycles. The molecule has 2 aromatic rings. The molecule has 25 heavy (non-hydrogen) atoms. The number of likely N-dealkylation sites (tertiary alicyclic amines) is 1. The third kappa shape index (κ3) is 3.98. The van der Waals surface area contributed by atoms with Crippen LogP contribution in [0.4, 0.5) is 0 Å². The van der Waals surface area contributed by atoms with Crippen LogP contribution in [-0.2, 0) is 16.6 Å². The van der Waals surface area contributed by atoms with Gasteiger partial charge in [-0.15, -0.1) is 10.2 Å². The molecule has 2 aromatic heterocycles. The minimum Gasteiger partial charge on any atom is -0.369 e. The molecule has 0 aromatic carbocycles. The second-order valence-corrected chi connectivity index (χ2v) is 6.89. The van der Waals surface area contributed by atoms with E-state index >= 15 is 0 Å². The van der Waals surface area contributed by atoms with Crippen molar-refractivity contribution in [2.24, 2.45) is 18.7 Å². The SMILES string of the molecule is Cn1c(SCC(=O)N2CCC(C(N)=O)CC2)nnc1-c1ccncc1. The average Bonchev–Trinajstić information content (AvgIpc) is 3.01. The standard InChI is InChI=1S/C16H20N6O2S/c1-21-15(12-2-6-18-7-3-12)19-20-16(21)25-10-13(23)22-8-4-11(5-9-22)14(17)24/h2-3,6-7,11H,4-5,8-10H2,1H3,(H2,17,24). The Morgan fingerprint density at radius 1 is 1.24 bits per heavy atom. The Labute approximate surface area is 149 Å². The Hall–Kier alpha value is -2.42. The number of nitrogens with two attached hydrogens (primary N) is 1. The van der Waals surface area contributed by atoms with Crippen molar-refractivity contribution < 1.29 is 9.59 Å². The average molecular weight is 360 g/mol. The van der Waals surface area contributed by atoms with Crippen LogP contribution in [0.15, 0.2) is 29.7 Å². The Morgan fingerprint density at radius 3 is 2.56 bits per heavy atom. The maximum absolute atomic E-state index is 12.4. The number of hydrogen-bond acceptors (Lipinski definition) is 6. The first-order chi connectivity index (χ1) is 12.1. The number of carbonyl (C=O) groups is 2. The zero-order chi connectivity index (χ0) is 17.8. The van der Waals surface area contributed by atoms with Gasteiger partial charge in [0.2, 0.25) is 11.8 Å². The molecule has 132 valence electrons. The number of aromatic nitrogens is 4. The number of hydrogen-bond donors (Lipinski definition) is 1. The van der Waals surface area contributed by atoms with E-state index in [0.29, 0.717) is 36.8 Å². The monoisotopic (exact) mass is 360 g/mol. The van der Waals surface area contributed by atoms with Crippen molar-refractivity contribution in [3.63, 3.8) is 0 Å². The summed E-state index contributed by atoms with van der Waals surface area (Å²) in [5.41, 5.74) is 6.25. The highest BCUT2D eigenvalue weighted by molar-refractivity contribution is 7.99. The number of primary amides is 1. The molecule has 1 saturated heterocycles. The quantitative estimate of drug-likeness (QED) is 0.786. The molecule has 0 aliphatic carbocycles. The van der Waals surface area contributed by atoms with Crippen LogP contribution in [-0.4, -0.2) is 55.3 Å². The summed E-state index contributed by atoms with van der Waals surface area (Å²) >= 11 is 1.36. The van der Waals surface area contributed by atoms with Crippen molar-refractivity contribution in [1.82, 2.24) is 24.6 Å². The van der Waals surface area contributed by atoms with Crippen LogP contribution in [0.1, 0.15) is 12.8 Å². The van der Waals surface area contributed by atoms with Crippen molar-refractivity contribution in [1.29, 1.82) is 0 Å². The molecule has 1 aliphatic rings. The molecule has 0 unspecified atom stereocenters. The molecule has 2 N–H and O–H groups in total. The zero-order valence-corrected chi connectivity index (χ0v) is 14.8. The van der Waals surface area contributed by atoms with Crippen LogP contribution in [0.5, 0.6) is 0 Å². The van der Waals surface area contributed by atoms with Gasteiger partial charge in [0.25, 0.3) is 0 Å². The molecule has 2 amide bonds. The Kier molecular flexibility index (Phi) is 5.32. The summed E-state index contributed by atoms with van der Waals surface area (Å²) in [6.45, 7) is 1.15. The van der Waals surface area contributed by atoms with Gasteiger partial charge in [-0.3, -0.25) is 14.6 Å². The predicted octanol–water partition coefficient (Wildman–Crippen LogP) is 0.693. The summed E-state index contributed by atoms with van der Waals surface area (Å²) < 4.78 is 1.87. The zero-order valence-electron chi connectivity index (χ0n) is 14.0. The lowest BCUT2D eigenvalue weighted by Gasteiger charge is -2.30. The van der Waals surface area contributed by atoms with Crippen LogP contribution in [0.3, 0.4) is 0 Å². The lowest BCUT2D eigenvalue weighted by molar-refractivity contribution is -0.132. The van der Waals surface area contributed by atoms with E-state index in [9.17, 15) is 9.59 Å². The van der Waals surface area contributed by atoms with Crippen molar-refractivity contribution in [2.45, 2.75) is 18.0 Å². The fourth-order valence-corrected chi connectivity index (χ4v) is 3.64. The molecule has 0 bridgehead atoms. The van der Waals surface area contributed by atoms with Gasteiger partial charge in [0.15, 0.2) is 11.0 Å². The fraction of sp³-hybridized carbons (Fsp3) is 0.438. The van der Waals surface area contributed by atoms with E-state index in [1.807, 2.05) is 23.7 Å². The highest BCUT2D eigenvalue weighted by Crippen LogP contribution is 2.23. The van der Waals surface area contributed by atoms with E-state index < -0.39 is 0 Å². The summed E-state index contributed by atoms with van der Waals surface area (Å²) in [7, 11) is 1.88. The van der Waals surface area contributed by atoms with Gasteiger partial charge < -0.3 is 15.2 Å². The Morgan fingerprint density at radius 2 is 1.92 bits per heavy atom. The number of amides is 2. The predicted molar refractivity (Wildman–Crippen MR) is 93.5 cm³/mol. The highest BCUT2D eigenvalue weighted by Gasteiger charge is 2.26. The normalized spacial score (nSPS) is 15.3. The van der Waals surface area contributed by atoms with E-state index in [4.69, 9.17) is 5.73 Å². The van der Waals surface area contributed by atoms with E-state index in [-0.39, 0.29) is 17.7 Å². The molecule has 0 spiro atoms. The van der Waals surface area contributed by atoms with Gasteiger partial charge in [0.1, 0.15) is 0 Å². The second kappa shape index (κ2) is 7.64. The van der Waals surface area contributed by atoms with Crippen LogP contribution < -0.4 is 5.73 Å². The molecule has 3 heterocycles. The van der Waals surface area contributed by atoms with Crippen molar-refractivity contribution in [3.8, 4) is 11.4 Å². The molecular formula is C16H20N6O2S. The minimum atomic E-state index is -0.274. The summed E-state index contributed by atoms with van der Waals surface area (Å²) in [4.78, 5) is 29.3. The van der Waals surface area contributed by atoms with Gasteiger partial charge in [0, 0.05) is 44.0 Å². The van der Waals surface area contributed by atoms with Gasteiger partial charge in [-0.1, -0.05) is 11.8 Å². The largest absolute Gasteiger partial charge is 0.369 e. The molecule has 1 aliphatic heterocycles. The molecular weight excluding hydrogens is 340 g/mol. The van der Waals surface area contributed by atoms with Crippen molar-refractivity contribution >= 4 is 23.6 Å². The summed E-state index contributed by atoms with van der Waals surface area (Å²) in [6.07, 6.45) is 4.69. The van der Waals surface area contributed by atoms with Gasteiger partial charge in [-0.25, -0.2) is 0 Å². The fourth-order valence-electron chi connectivity index (χ4n) is 2.82. The minimum absolute atomic E-state index is 0.0429. The maximum atomic E-state index is 12.4. The topological polar surface area (TPSA) is 107 Å². The highest BCUT2D eigenvalue weighted by atomic mass is 32.2. The second-order valence-electron chi connectivity index (χ2n) is 5.95. The lowest BCUT2D eigenvalue weighted by atomic mass is 9.96. The van der Waals surface area contributed by atoms with Crippen LogP contribution in [0.2, 0.25) is 0 Å². The van der Waals surface area contributed by atoms with Gasteiger partial charge in [-0.05, 0) is 25.0 Å². The summed E-state index contributed by atoms with van der Waals surface area (Å²) in [5, 5.41) is 9.05. The van der Waals surface area contributed by atoms with Crippen molar-refractivity contribution in [3.05, 3.63) is 24.5 Å². The molecule has 3 rings (SSSR count). The number of thioether (sulfide) groups is 1. The van der Waals surface area contributed by atoms with Crippen LogP contribution >= 0.6 is 11.8 Å². The number of pyridine rings is 1. The maximum Gasteiger partial charge on any atom is 0.233 e. The first-order valence-electron chi connectivity index (χ1n) is 8.06. The van der Waals surface area contributed by atoms with E-state index in [1.54, 1.807) is 17.3 Å². The van der Waals surface area contributed by atoms with Gasteiger partial charge in [0.05, 0.1) is 5.75 Å². The van der Waals surface area contributed by atoms with E-state index in [2.05, 4.69) is 15.2 Å². The third-order valence-corrected chi connectivity index (χ3v) is 5.35. The van der Waals surface area contributed by atoms with Crippen LogP contribution in [0.25, 0.3) is 11.4 Å².